The quantitative estimate of drug-likeness (QED) is 0.681. The normalized spacial score (nSPS) is 10.1. The topological polar surface area (TPSA) is 89.7 Å². The van der Waals surface area contributed by atoms with E-state index in [9.17, 15) is 14.9 Å². The number of benzene rings is 2. The van der Waals surface area contributed by atoms with Crippen LogP contribution in [-0.4, -0.2) is 16.0 Å². The number of ether oxygens (including phenoxy) is 1. The Hall–Kier alpha value is -2.89. The molecule has 0 aliphatic carbocycles. The second kappa shape index (κ2) is 5.40. The first-order chi connectivity index (χ1) is 9.49. The highest BCUT2D eigenvalue weighted by Gasteiger charge is 2.12. The van der Waals surface area contributed by atoms with Gasteiger partial charge in [-0.25, -0.2) is 4.79 Å². The first-order valence-corrected chi connectivity index (χ1v) is 5.74. The summed E-state index contributed by atoms with van der Waals surface area (Å²) in [6, 6.07) is 10.4. The molecule has 0 amide bonds. The summed E-state index contributed by atoms with van der Waals surface area (Å²) >= 11 is 0. The second-order valence-corrected chi connectivity index (χ2v) is 4.09. The fourth-order valence-electron chi connectivity index (χ4n) is 1.74. The fourth-order valence-corrected chi connectivity index (χ4v) is 1.74. The van der Waals surface area contributed by atoms with E-state index in [4.69, 9.17) is 9.84 Å². The zero-order valence-electron chi connectivity index (χ0n) is 10.6. The largest absolute Gasteiger partial charge is 0.478 e. The van der Waals surface area contributed by atoms with Gasteiger partial charge in [0.2, 0.25) is 0 Å². The molecule has 0 saturated carbocycles. The molecule has 20 heavy (non-hydrogen) atoms. The molecule has 0 spiro atoms. The zero-order valence-corrected chi connectivity index (χ0v) is 10.6. The molecule has 2 rings (SSSR count). The van der Waals surface area contributed by atoms with Gasteiger partial charge in [-0.1, -0.05) is 12.1 Å². The van der Waals surface area contributed by atoms with E-state index in [0.29, 0.717) is 11.3 Å². The molecule has 102 valence electrons. The van der Waals surface area contributed by atoms with E-state index >= 15 is 0 Å². The van der Waals surface area contributed by atoms with Crippen LogP contribution in [0.4, 0.5) is 5.69 Å². The highest BCUT2D eigenvalue weighted by atomic mass is 16.6. The van der Waals surface area contributed by atoms with Gasteiger partial charge in [0.15, 0.2) is 0 Å². The number of hydrogen-bond acceptors (Lipinski definition) is 4. The number of nitro groups is 1. The minimum absolute atomic E-state index is 0.0884. The number of aromatic carboxylic acids is 1. The standard InChI is InChI=1S/C14H11NO5/c1-9-12(14(16)17)6-3-7-13(9)20-11-5-2-4-10(8-11)15(18)19/h2-8H,1H3,(H,16,17). The van der Waals surface area contributed by atoms with Gasteiger partial charge in [0, 0.05) is 11.6 Å². The van der Waals surface area contributed by atoms with Crippen LogP contribution in [0.25, 0.3) is 0 Å². The van der Waals surface area contributed by atoms with Crippen molar-refractivity contribution in [3.8, 4) is 11.5 Å². The van der Waals surface area contributed by atoms with Crippen molar-refractivity contribution >= 4 is 11.7 Å². The predicted octanol–water partition coefficient (Wildman–Crippen LogP) is 3.39. The Bertz CT molecular complexity index is 681. The average molecular weight is 273 g/mol. The summed E-state index contributed by atoms with van der Waals surface area (Å²) in [6.07, 6.45) is 0. The number of non-ortho nitro benzene ring substituents is 1. The van der Waals surface area contributed by atoms with Gasteiger partial charge in [0.25, 0.3) is 5.69 Å². The summed E-state index contributed by atoms with van der Waals surface area (Å²) in [4.78, 5) is 21.2. The van der Waals surface area contributed by atoms with E-state index in [1.807, 2.05) is 0 Å². The summed E-state index contributed by atoms with van der Waals surface area (Å²) < 4.78 is 5.52. The molecule has 6 nitrogen and oxygen atoms in total. The molecule has 0 aliphatic heterocycles. The highest BCUT2D eigenvalue weighted by Crippen LogP contribution is 2.29. The van der Waals surface area contributed by atoms with Crippen LogP contribution in [0.15, 0.2) is 42.5 Å². The lowest BCUT2D eigenvalue weighted by Crippen LogP contribution is -2.01. The lowest BCUT2D eigenvalue weighted by Gasteiger charge is -2.10. The van der Waals surface area contributed by atoms with Crippen molar-refractivity contribution in [2.45, 2.75) is 6.92 Å². The SMILES string of the molecule is Cc1c(Oc2cccc([N+](=O)[O-])c2)cccc1C(=O)O. The zero-order chi connectivity index (χ0) is 14.7. The van der Waals surface area contributed by atoms with Crippen LogP contribution >= 0.6 is 0 Å². The van der Waals surface area contributed by atoms with Gasteiger partial charge in [-0.05, 0) is 25.1 Å². The Morgan fingerprint density at radius 1 is 1.25 bits per heavy atom. The summed E-state index contributed by atoms with van der Waals surface area (Å²) in [5.41, 5.74) is 0.508. The molecule has 0 aromatic heterocycles. The Labute approximate surface area is 114 Å². The molecule has 0 heterocycles. The number of carboxylic acids is 1. The number of carbonyl (C=O) groups is 1. The average Bonchev–Trinajstić information content (AvgIpc) is 2.41. The molecule has 0 radical (unpaired) electrons. The summed E-state index contributed by atoms with van der Waals surface area (Å²) in [7, 11) is 0. The summed E-state index contributed by atoms with van der Waals surface area (Å²) in [5.74, 6) is -0.415. The Morgan fingerprint density at radius 2 is 1.95 bits per heavy atom. The van der Waals surface area contributed by atoms with Crippen molar-refractivity contribution in [3.63, 3.8) is 0 Å². The number of carboxylic acid groups (broad SMARTS) is 1. The third-order valence-electron chi connectivity index (χ3n) is 2.77. The fraction of sp³-hybridized carbons (Fsp3) is 0.0714. The van der Waals surface area contributed by atoms with Crippen molar-refractivity contribution in [3.05, 3.63) is 63.7 Å². The predicted molar refractivity (Wildman–Crippen MR) is 71.3 cm³/mol. The van der Waals surface area contributed by atoms with Crippen LogP contribution in [0, 0.1) is 17.0 Å². The summed E-state index contributed by atoms with van der Waals surface area (Å²) in [6.45, 7) is 1.62. The molecule has 2 aromatic carbocycles. The van der Waals surface area contributed by atoms with Crippen LogP contribution < -0.4 is 4.74 Å². The van der Waals surface area contributed by atoms with Crippen LogP contribution in [0.5, 0.6) is 11.5 Å². The van der Waals surface area contributed by atoms with Gasteiger partial charge in [0.05, 0.1) is 16.6 Å². The maximum atomic E-state index is 11.0. The van der Waals surface area contributed by atoms with E-state index in [-0.39, 0.29) is 17.0 Å². The minimum Gasteiger partial charge on any atom is -0.478 e. The minimum atomic E-state index is -1.05. The molecular weight excluding hydrogens is 262 g/mol. The Morgan fingerprint density at radius 3 is 2.60 bits per heavy atom. The molecule has 0 unspecified atom stereocenters. The van der Waals surface area contributed by atoms with Crippen molar-refractivity contribution < 1.29 is 19.6 Å². The van der Waals surface area contributed by atoms with Crippen molar-refractivity contribution in [1.29, 1.82) is 0 Å². The van der Waals surface area contributed by atoms with Gasteiger partial charge in [0.1, 0.15) is 11.5 Å². The first kappa shape index (κ1) is 13.5. The second-order valence-electron chi connectivity index (χ2n) is 4.09. The number of hydrogen-bond donors (Lipinski definition) is 1. The lowest BCUT2D eigenvalue weighted by atomic mass is 10.1. The maximum Gasteiger partial charge on any atom is 0.336 e. The van der Waals surface area contributed by atoms with E-state index in [0.717, 1.165) is 0 Å². The van der Waals surface area contributed by atoms with Crippen molar-refractivity contribution in [1.82, 2.24) is 0 Å². The van der Waals surface area contributed by atoms with Crippen molar-refractivity contribution in [2.24, 2.45) is 0 Å². The van der Waals surface area contributed by atoms with Gasteiger partial charge in [-0.15, -0.1) is 0 Å². The van der Waals surface area contributed by atoms with Crippen LogP contribution in [0.2, 0.25) is 0 Å². The molecule has 0 aliphatic rings. The Kier molecular flexibility index (Phi) is 3.65. The van der Waals surface area contributed by atoms with Crippen LogP contribution in [0.3, 0.4) is 0 Å². The van der Waals surface area contributed by atoms with Crippen LogP contribution in [0.1, 0.15) is 15.9 Å². The van der Waals surface area contributed by atoms with E-state index < -0.39 is 10.9 Å². The number of nitrogens with zero attached hydrogens (tertiary/aromatic N) is 1. The molecule has 2 aromatic rings. The van der Waals surface area contributed by atoms with Gasteiger partial charge < -0.3 is 9.84 Å². The summed E-state index contributed by atoms with van der Waals surface area (Å²) in [5, 5.41) is 19.7. The van der Waals surface area contributed by atoms with Crippen LogP contribution in [-0.2, 0) is 0 Å². The molecule has 6 heteroatoms. The smallest absolute Gasteiger partial charge is 0.336 e. The monoisotopic (exact) mass is 273 g/mol. The van der Waals surface area contributed by atoms with Gasteiger partial charge >= 0.3 is 5.97 Å². The third kappa shape index (κ3) is 2.74. The van der Waals surface area contributed by atoms with E-state index in [2.05, 4.69) is 0 Å². The van der Waals surface area contributed by atoms with E-state index in [1.54, 1.807) is 25.1 Å². The van der Waals surface area contributed by atoms with Gasteiger partial charge in [-0.3, -0.25) is 10.1 Å². The lowest BCUT2D eigenvalue weighted by molar-refractivity contribution is -0.384. The van der Waals surface area contributed by atoms with Crippen molar-refractivity contribution in [2.75, 3.05) is 0 Å². The highest BCUT2D eigenvalue weighted by molar-refractivity contribution is 5.90. The van der Waals surface area contributed by atoms with Gasteiger partial charge in [-0.2, -0.15) is 0 Å². The van der Waals surface area contributed by atoms with E-state index in [1.165, 1.54) is 24.3 Å². The third-order valence-corrected chi connectivity index (χ3v) is 2.77. The molecular formula is C14H11NO5. The molecule has 1 N–H and O–H groups in total. The Balaban J connectivity index is 2.35. The molecule has 0 bridgehead atoms. The number of rotatable bonds is 4. The number of nitro benzene ring substituents is 1. The first-order valence-electron chi connectivity index (χ1n) is 5.74. The molecule has 0 atom stereocenters. The molecule has 0 fully saturated rings. The maximum absolute atomic E-state index is 11.0. The molecule has 0 saturated heterocycles.